The number of aromatic nitrogens is 1. The van der Waals surface area contributed by atoms with E-state index in [-0.39, 0.29) is 0 Å². The molecule has 0 spiro atoms. The van der Waals surface area contributed by atoms with Gasteiger partial charge >= 0.3 is 0 Å². The number of nitrogens with zero attached hydrogens (tertiary/aromatic N) is 2. The van der Waals surface area contributed by atoms with E-state index in [4.69, 9.17) is 10.5 Å². The summed E-state index contributed by atoms with van der Waals surface area (Å²) in [6.45, 7) is 3.68. The van der Waals surface area contributed by atoms with Crippen molar-refractivity contribution in [1.29, 1.82) is 0 Å². The van der Waals surface area contributed by atoms with Crippen LogP contribution in [0.4, 0.5) is 10.9 Å². The van der Waals surface area contributed by atoms with Crippen molar-refractivity contribution in [1.82, 2.24) is 4.98 Å². The molecule has 0 unspecified atom stereocenters. The van der Waals surface area contributed by atoms with Gasteiger partial charge < -0.3 is 10.5 Å². The van der Waals surface area contributed by atoms with Crippen LogP contribution < -0.4 is 11.2 Å². The van der Waals surface area contributed by atoms with E-state index in [9.17, 15) is 0 Å². The summed E-state index contributed by atoms with van der Waals surface area (Å²) in [5, 5.41) is 6.63. The van der Waals surface area contributed by atoms with Crippen molar-refractivity contribution < 1.29 is 4.74 Å². The van der Waals surface area contributed by atoms with Crippen LogP contribution in [-0.4, -0.2) is 17.8 Å². The molecule has 0 saturated heterocycles. The molecule has 0 atom stereocenters. The first-order valence-electron chi connectivity index (χ1n) is 7.94. The highest BCUT2D eigenvalue weighted by Crippen LogP contribution is 2.16. The molecule has 0 saturated carbocycles. The van der Waals surface area contributed by atoms with Gasteiger partial charge in [-0.05, 0) is 23.6 Å². The van der Waals surface area contributed by atoms with Gasteiger partial charge in [0.1, 0.15) is 5.82 Å². The van der Waals surface area contributed by atoms with Crippen molar-refractivity contribution in [3.63, 3.8) is 0 Å². The van der Waals surface area contributed by atoms with Crippen molar-refractivity contribution in [2.24, 2.45) is 5.10 Å². The average molecular weight is 332 g/mol. The van der Waals surface area contributed by atoms with Crippen LogP contribution in [0.15, 0.2) is 34.7 Å². The van der Waals surface area contributed by atoms with E-state index in [0.717, 1.165) is 24.2 Å². The number of ether oxygens (including phenoxy) is 1. The van der Waals surface area contributed by atoms with Crippen molar-refractivity contribution in [3.05, 3.63) is 40.8 Å². The summed E-state index contributed by atoms with van der Waals surface area (Å²) in [4.78, 5) is 4.08. The summed E-state index contributed by atoms with van der Waals surface area (Å²) in [6, 6.07) is 8.16. The third kappa shape index (κ3) is 6.80. The molecule has 3 N–H and O–H groups in total. The van der Waals surface area contributed by atoms with E-state index in [1.807, 2.05) is 12.1 Å². The van der Waals surface area contributed by atoms with Gasteiger partial charge in [0.25, 0.3) is 0 Å². The van der Waals surface area contributed by atoms with Crippen LogP contribution in [-0.2, 0) is 11.3 Å². The number of thiazole rings is 1. The second-order valence-electron chi connectivity index (χ2n) is 5.31. The molecule has 23 heavy (non-hydrogen) atoms. The standard InChI is InChI=1S/C17H24N4OS/c1-2-3-4-5-9-22-12-15-8-6-7-14(10-15)11-19-21-17-20-16(18)13-23-17/h6-8,10-11,13H,2-5,9,12,18H2,1H3,(H,20,21). The number of hydrazone groups is 1. The number of nitrogen functional groups attached to an aromatic ring is 1. The largest absolute Gasteiger partial charge is 0.383 e. The van der Waals surface area contributed by atoms with Gasteiger partial charge in [-0.3, -0.25) is 5.43 Å². The second kappa shape index (κ2) is 9.97. The minimum absolute atomic E-state index is 0.505. The number of unbranched alkanes of at least 4 members (excludes halogenated alkanes) is 3. The third-order valence-electron chi connectivity index (χ3n) is 3.26. The molecule has 1 aromatic carbocycles. The molecule has 2 aromatic rings. The van der Waals surface area contributed by atoms with Gasteiger partial charge in [-0.15, -0.1) is 11.3 Å². The molecule has 0 radical (unpaired) electrons. The Morgan fingerprint density at radius 2 is 2.26 bits per heavy atom. The number of anilines is 2. The highest BCUT2D eigenvalue weighted by Gasteiger charge is 1.97. The van der Waals surface area contributed by atoms with E-state index < -0.39 is 0 Å². The Morgan fingerprint density at radius 3 is 3.04 bits per heavy atom. The predicted molar refractivity (Wildman–Crippen MR) is 98.0 cm³/mol. The lowest BCUT2D eigenvalue weighted by Crippen LogP contribution is -1.97. The zero-order chi connectivity index (χ0) is 16.3. The van der Waals surface area contributed by atoms with Crippen LogP contribution in [0.1, 0.15) is 43.7 Å². The second-order valence-corrected chi connectivity index (χ2v) is 6.16. The van der Waals surface area contributed by atoms with Crippen molar-refractivity contribution in [3.8, 4) is 0 Å². The lowest BCUT2D eigenvalue weighted by Gasteiger charge is -2.05. The maximum Gasteiger partial charge on any atom is 0.205 e. The average Bonchev–Trinajstić information content (AvgIpc) is 2.97. The van der Waals surface area contributed by atoms with E-state index >= 15 is 0 Å². The normalized spacial score (nSPS) is 11.2. The van der Waals surface area contributed by atoms with Gasteiger partial charge in [0.05, 0.1) is 12.8 Å². The molecule has 0 aliphatic carbocycles. The molecule has 124 valence electrons. The van der Waals surface area contributed by atoms with E-state index in [2.05, 4.69) is 34.6 Å². The SMILES string of the molecule is CCCCCCOCc1cccc(C=NNc2nc(N)cs2)c1. The van der Waals surface area contributed by atoms with Crippen LogP contribution >= 0.6 is 11.3 Å². The Morgan fingerprint density at radius 1 is 1.35 bits per heavy atom. The van der Waals surface area contributed by atoms with Crippen LogP contribution in [0, 0.1) is 0 Å². The van der Waals surface area contributed by atoms with Crippen molar-refractivity contribution in [2.75, 3.05) is 17.8 Å². The molecule has 6 heteroatoms. The quantitative estimate of drug-likeness (QED) is 0.387. The molecule has 1 heterocycles. The first kappa shape index (κ1) is 17.4. The summed E-state index contributed by atoms with van der Waals surface area (Å²) in [6.07, 6.45) is 6.68. The first-order valence-corrected chi connectivity index (χ1v) is 8.82. The van der Waals surface area contributed by atoms with Crippen LogP contribution in [0.25, 0.3) is 0 Å². The van der Waals surface area contributed by atoms with Crippen LogP contribution in [0.2, 0.25) is 0 Å². The van der Waals surface area contributed by atoms with E-state index in [0.29, 0.717) is 17.6 Å². The van der Waals surface area contributed by atoms with Crippen LogP contribution in [0.5, 0.6) is 0 Å². The number of rotatable bonds is 10. The Bertz CT molecular complexity index is 612. The lowest BCUT2D eigenvalue weighted by molar-refractivity contribution is 0.117. The molecule has 0 aliphatic heterocycles. The van der Waals surface area contributed by atoms with Gasteiger partial charge in [0, 0.05) is 12.0 Å². The highest BCUT2D eigenvalue weighted by atomic mass is 32.1. The summed E-state index contributed by atoms with van der Waals surface area (Å²) in [7, 11) is 0. The smallest absolute Gasteiger partial charge is 0.205 e. The predicted octanol–water partition coefficient (Wildman–Crippen LogP) is 4.27. The zero-order valence-corrected chi connectivity index (χ0v) is 14.3. The number of benzene rings is 1. The zero-order valence-electron chi connectivity index (χ0n) is 13.5. The summed E-state index contributed by atoms with van der Waals surface area (Å²) >= 11 is 1.43. The molecule has 0 amide bonds. The fourth-order valence-corrected chi connectivity index (χ4v) is 2.63. The molecule has 0 aliphatic rings. The molecule has 1 aromatic heterocycles. The fourth-order valence-electron chi connectivity index (χ4n) is 2.08. The topological polar surface area (TPSA) is 72.5 Å². The fraction of sp³-hybridized carbons (Fsp3) is 0.412. The van der Waals surface area contributed by atoms with Crippen molar-refractivity contribution >= 4 is 28.5 Å². The Hall–Kier alpha value is -1.92. The molecular weight excluding hydrogens is 308 g/mol. The minimum Gasteiger partial charge on any atom is -0.383 e. The first-order chi connectivity index (χ1) is 11.3. The Kier molecular flexibility index (Phi) is 7.56. The van der Waals surface area contributed by atoms with Gasteiger partial charge in [-0.1, -0.05) is 44.4 Å². The maximum absolute atomic E-state index is 5.72. The Labute approximate surface area is 141 Å². The molecule has 0 bridgehead atoms. The molecule has 5 nitrogen and oxygen atoms in total. The Balaban J connectivity index is 1.75. The number of nitrogens with one attached hydrogen (secondary N) is 1. The van der Waals surface area contributed by atoms with Gasteiger partial charge in [-0.2, -0.15) is 5.10 Å². The minimum atomic E-state index is 0.505. The monoisotopic (exact) mass is 332 g/mol. The number of hydrogen-bond acceptors (Lipinski definition) is 6. The van der Waals surface area contributed by atoms with Gasteiger partial charge in [-0.25, -0.2) is 4.98 Å². The van der Waals surface area contributed by atoms with E-state index in [1.54, 1.807) is 11.6 Å². The summed E-state index contributed by atoms with van der Waals surface area (Å²) < 4.78 is 5.72. The number of nitrogens with two attached hydrogens (primary N) is 1. The lowest BCUT2D eigenvalue weighted by atomic mass is 10.1. The summed E-state index contributed by atoms with van der Waals surface area (Å²) in [5.74, 6) is 0.505. The number of hydrogen-bond donors (Lipinski definition) is 2. The maximum atomic E-state index is 5.72. The van der Waals surface area contributed by atoms with E-state index in [1.165, 1.54) is 30.6 Å². The highest BCUT2D eigenvalue weighted by molar-refractivity contribution is 7.14. The summed E-state index contributed by atoms with van der Waals surface area (Å²) in [5.41, 5.74) is 10.6. The van der Waals surface area contributed by atoms with Gasteiger partial charge in [0.2, 0.25) is 5.13 Å². The molecule has 0 fully saturated rings. The van der Waals surface area contributed by atoms with Crippen molar-refractivity contribution in [2.45, 2.75) is 39.2 Å². The molecule has 2 rings (SSSR count). The van der Waals surface area contributed by atoms with Gasteiger partial charge in [0.15, 0.2) is 0 Å². The third-order valence-corrected chi connectivity index (χ3v) is 4.02. The molecular formula is C17H24N4OS. The van der Waals surface area contributed by atoms with Crippen LogP contribution in [0.3, 0.4) is 0 Å².